The Hall–Kier alpha value is -2.16. The Balaban J connectivity index is 1.08. The number of likely N-dealkylation sites (tertiary alicyclic amines) is 2. The number of piperidine rings is 2. The number of unbranched alkanes of at least 4 members (excludes halogenated alkanes) is 2. The number of nitrogens with zero attached hydrogens (tertiary/aromatic N) is 2. The van der Waals surface area contributed by atoms with Crippen LogP contribution >= 0.6 is 0 Å². The van der Waals surface area contributed by atoms with Crippen molar-refractivity contribution in [2.24, 2.45) is 11.8 Å². The maximum absolute atomic E-state index is 13.3. The normalized spacial score (nSPS) is 34.3. The van der Waals surface area contributed by atoms with Crippen molar-refractivity contribution in [1.29, 1.82) is 0 Å². The standard InChI is InChI=1S/C40H65N3O5/c1-4-32-26-36-28-35-14-12-13-34(46-35)25-30(2)16-17-31(3)38(48-39(44)29-37(27-32)47-36)15-8-5-6-9-20-41-40(45)43-23-18-33(19-24-43)42-21-10-7-11-22-42/h4,8,15-17,30-31,33-38H,5-7,9-14,18-29H2,1-3H3,(H,41,45). The number of ether oxygens (including phenoxy) is 3. The number of cyclic esters (lactones) is 1. The van der Waals surface area contributed by atoms with Gasteiger partial charge in [-0.2, -0.15) is 0 Å². The molecule has 4 bridgehead atoms. The third kappa shape index (κ3) is 11.7. The predicted molar refractivity (Wildman–Crippen MR) is 192 cm³/mol. The lowest BCUT2D eigenvalue weighted by molar-refractivity contribution is -0.154. The van der Waals surface area contributed by atoms with E-state index in [0.717, 1.165) is 83.7 Å². The van der Waals surface area contributed by atoms with E-state index in [-0.39, 0.29) is 48.8 Å². The maximum atomic E-state index is 13.3. The van der Waals surface area contributed by atoms with Gasteiger partial charge in [0.05, 0.1) is 30.8 Å². The molecular formula is C40H65N3O5. The highest BCUT2D eigenvalue weighted by molar-refractivity contribution is 5.74. The molecule has 5 rings (SSSR count). The van der Waals surface area contributed by atoms with Crippen LogP contribution in [0.15, 0.2) is 36.0 Å². The largest absolute Gasteiger partial charge is 0.457 e. The van der Waals surface area contributed by atoms with Crippen molar-refractivity contribution in [3.63, 3.8) is 0 Å². The smallest absolute Gasteiger partial charge is 0.317 e. The first-order chi connectivity index (χ1) is 23.4. The summed E-state index contributed by atoms with van der Waals surface area (Å²) in [7, 11) is 0. The minimum atomic E-state index is -0.322. The number of fused-ring (bicyclic) bond motifs is 4. The third-order valence-electron chi connectivity index (χ3n) is 11.4. The molecule has 4 saturated heterocycles. The van der Waals surface area contributed by atoms with E-state index in [9.17, 15) is 9.59 Å². The van der Waals surface area contributed by atoms with E-state index in [4.69, 9.17) is 14.2 Å². The molecule has 1 N–H and O–H groups in total. The Morgan fingerprint density at radius 2 is 1.58 bits per heavy atom. The summed E-state index contributed by atoms with van der Waals surface area (Å²) in [5.41, 5.74) is 1.37. The van der Waals surface area contributed by atoms with Crippen molar-refractivity contribution in [2.75, 3.05) is 32.7 Å². The van der Waals surface area contributed by atoms with E-state index in [2.05, 4.69) is 61.4 Å². The number of hydrogen-bond donors (Lipinski definition) is 1. The molecule has 5 aliphatic heterocycles. The molecule has 5 aliphatic rings. The van der Waals surface area contributed by atoms with Crippen molar-refractivity contribution < 1.29 is 23.8 Å². The fraction of sp³-hybridized carbons (Fsp3) is 0.800. The van der Waals surface area contributed by atoms with Gasteiger partial charge in [-0.25, -0.2) is 4.79 Å². The maximum Gasteiger partial charge on any atom is 0.317 e. The average molecular weight is 668 g/mol. The van der Waals surface area contributed by atoms with Crippen LogP contribution in [0.1, 0.15) is 124 Å². The summed E-state index contributed by atoms with van der Waals surface area (Å²) < 4.78 is 19.2. The number of allylic oxidation sites excluding steroid dienone is 3. The number of nitrogens with one attached hydrogen (secondary N) is 1. The van der Waals surface area contributed by atoms with E-state index >= 15 is 0 Å². The van der Waals surface area contributed by atoms with Gasteiger partial charge in [0.25, 0.3) is 0 Å². The number of rotatable bonds is 7. The highest BCUT2D eigenvalue weighted by Gasteiger charge is 2.33. The highest BCUT2D eigenvalue weighted by atomic mass is 16.5. The summed E-state index contributed by atoms with van der Waals surface area (Å²) in [5.74, 6) is 0.262. The van der Waals surface area contributed by atoms with Gasteiger partial charge in [0.2, 0.25) is 0 Å². The number of carbonyl (C=O) groups excluding carboxylic acids is 2. The predicted octanol–water partition coefficient (Wildman–Crippen LogP) is 7.73. The van der Waals surface area contributed by atoms with E-state index in [1.54, 1.807) is 0 Å². The van der Waals surface area contributed by atoms with Gasteiger partial charge in [0, 0.05) is 38.0 Å². The first kappa shape index (κ1) is 37.1. The molecule has 0 aromatic rings. The summed E-state index contributed by atoms with van der Waals surface area (Å²) in [4.78, 5) is 30.7. The van der Waals surface area contributed by atoms with Crippen molar-refractivity contribution in [2.45, 2.75) is 160 Å². The number of amides is 2. The van der Waals surface area contributed by atoms with Gasteiger partial charge in [-0.1, -0.05) is 50.1 Å². The molecule has 48 heavy (non-hydrogen) atoms. The van der Waals surface area contributed by atoms with Crippen LogP contribution in [0.25, 0.3) is 0 Å². The lowest BCUT2D eigenvalue weighted by Crippen LogP contribution is -2.50. The molecule has 5 heterocycles. The second-order valence-electron chi connectivity index (χ2n) is 15.4. The Kier molecular flexibility index (Phi) is 14.9. The molecule has 2 amide bonds. The quantitative estimate of drug-likeness (QED) is 0.170. The molecule has 7 atom stereocenters. The van der Waals surface area contributed by atoms with E-state index in [1.165, 1.54) is 44.3 Å². The van der Waals surface area contributed by atoms with Gasteiger partial charge in [-0.15, -0.1) is 0 Å². The van der Waals surface area contributed by atoms with Gasteiger partial charge >= 0.3 is 12.0 Å². The molecule has 8 heteroatoms. The zero-order chi connectivity index (χ0) is 33.7. The fourth-order valence-corrected chi connectivity index (χ4v) is 8.47. The summed E-state index contributed by atoms with van der Waals surface area (Å²) in [6, 6.07) is 0.735. The van der Waals surface area contributed by atoms with E-state index < -0.39 is 0 Å². The summed E-state index contributed by atoms with van der Waals surface area (Å²) >= 11 is 0. The molecule has 0 radical (unpaired) electrons. The Morgan fingerprint density at radius 1 is 0.854 bits per heavy atom. The van der Waals surface area contributed by atoms with Crippen molar-refractivity contribution >= 4 is 12.0 Å². The van der Waals surface area contributed by atoms with Crippen LogP contribution in [-0.4, -0.2) is 91.1 Å². The van der Waals surface area contributed by atoms with Gasteiger partial charge in [0.15, 0.2) is 0 Å². The Labute approximate surface area is 291 Å². The first-order valence-electron chi connectivity index (χ1n) is 19.6. The van der Waals surface area contributed by atoms with Gasteiger partial charge in [-0.3, -0.25) is 4.79 Å². The number of esters is 1. The molecule has 8 nitrogen and oxygen atoms in total. The van der Waals surface area contributed by atoms with Gasteiger partial charge in [-0.05, 0) is 115 Å². The second kappa shape index (κ2) is 19.3. The van der Waals surface area contributed by atoms with Crippen LogP contribution in [0.4, 0.5) is 4.79 Å². The zero-order valence-electron chi connectivity index (χ0n) is 30.3. The first-order valence-corrected chi connectivity index (χ1v) is 19.6. The summed E-state index contributed by atoms with van der Waals surface area (Å²) in [6.45, 7) is 11.4. The summed E-state index contributed by atoms with van der Waals surface area (Å²) in [5, 5.41) is 3.15. The lowest BCUT2D eigenvalue weighted by Gasteiger charge is -2.40. The molecule has 0 spiro atoms. The molecule has 4 fully saturated rings. The molecule has 0 aromatic carbocycles. The van der Waals surface area contributed by atoms with Crippen LogP contribution < -0.4 is 5.32 Å². The molecule has 0 aliphatic carbocycles. The van der Waals surface area contributed by atoms with Crippen LogP contribution in [0.5, 0.6) is 0 Å². The molecule has 7 unspecified atom stereocenters. The minimum absolute atomic E-state index is 0.0602. The monoisotopic (exact) mass is 667 g/mol. The van der Waals surface area contributed by atoms with Crippen LogP contribution in [0, 0.1) is 11.8 Å². The molecule has 270 valence electrons. The summed E-state index contributed by atoms with van der Waals surface area (Å²) in [6.07, 6.45) is 27.4. The average Bonchev–Trinajstić information content (AvgIpc) is 3.09. The van der Waals surface area contributed by atoms with Gasteiger partial charge < -0.3 is 29.3 Å². The van der Waals surface area contributed by atoms with Crippen molar-refractivity contribution in [3.8, 4) is 0 Å². The number of hydrogen-bond acceptors (Lipinski definition) is 6. The van der Waals surface area contributed by atoms with Crippen LogP contribution in [-0.2, 0) is 19.0 Å². The lowest BCUT2D eigenvalue weighted by atomic mass is 9.90. The fourth-order valence-electron chi connectivity index (χ4n) is 8.47. The Bertz CT molecular complexity index is 1090. The number of urea groups is 1. The van der Waals surface area contributed by atoms with Crippen LogP contribution in [0.3, 0.4) is 0 Å². The zero-order valence-corrected chi connectivity index (χ0v) is 30.3. The third-order valence-corrected chi connectivity index (χ3v) is 11.4. The van der Waals surface area contributed by atoms with Gasteiger partial charge in [0.1, 0.15) is 6.10 Å². The van der Waals surface area contributed by atoms with E-state index in [1.807, 2.05) is 4.90 Å². The Morgan fingerprint density at radius 3 is 2.35 bits per heavy atom. The molecule has 0 saturated carbocycles. The van der Waals surface area contributed by atoms with Crippen LogP contribution in [0.2, 0.25) is 0 Å². The second-order valence-corrected chi connectivity index (χ2v) is 15.4. The SMILES string of the molecule is CC=C1CC2CC(=O)OC(C=CCCCCNC(=O)N3CCC(N4CCCCC4)CC3)C(C)C=CC(C)CC3CCCC(CC(C1)O2)O3. The highest BCUT2D eigenvalue weighted by Crippen LogP contribution is 2.33. The topological polar surface area (TPSA) is 80.3 Å². The van der Waals surface area contributed by atoms with Crippen molar-refractivity contribution in [1.82, 2.24) is 15.1 Å². The molecular weight excluding hydrogens is 602 g/mol. The molecule has 0 aromatic heterocycles. The van der Waals surface area contributed by atoms with E-state index in [0.29, 0.717) is 24.6 Å². The minimum Gasteiger partial charge on any atom is -0.457 e. The number of carbonyl (C=O) groups is 2. The van der Waals surface area contributed by atoms with Crippen molar-refractivity contribution in [3.05, 3.63) is 36.0 Å².